The number of benzene rings is 1. The minimum absolute atomic E-state index is 0.0527. The van der Waals surface area contributed by atoms with Gasteiger partial charge in [-0.2, -0.15) is 0 Å². The highest BCUT2D eigenvalue weighted by Gasteiger charge is 2.07. The first-order valence-electron chi connectivity index (χ1n) is 7.25. The van der Waals surface area contributed by atoms with Gasteiger partial charge in [0, 0.05) is 30.6 Å². The van der Waals surface area contributed by atoms with Gasteiger partial charge >= 0.3 is 0 Å². The Kier molecular flexibility index (Phi) is 7.52. The number of nitrogens with one attached hydrogen (secondary N) is 1. The van der Waals surface area contributed by atoms with Crippen LogP contribution < -0.4 is 5.32 Å². The Morgan fingerprint density at radius 2 is 2.19 bits per heavy atom. The van der Waals surface area contributed by atoms with Gasteiger partial charge in [-0.05, 0) is 38.2 Å². The highest BCUT2D eigenvalue weighted by Crippen LogP contribution is 2.10. The van der Waals surface area contributed by atoms with E-state index in [1.807, 2.05) is 26.1 Å². The Bertz CT molecular complexity index is 529. The summed E-state index contributed by atoms with van der Waals surface area (Å²) in [4.78, 5) is 14.2. The predicted molar refractivity (Wildman–Crippen MR) is 85.3 cm³/mol. The van der Waals surface area contributed by atoms with E-state index in [2.05, 4.69) is 29.0 Å². The van der Waals surface area contributed by atoms with Gasteiger partial charge in [0.05, 0.1) is 6.61 Å². The summed E-state index contributed by atoms with van der Waals surface area (Å²) >= 11 is 0. The van der Waals surface area contributed by atoms with E-state index in [0.717, 1.165) is 24.2 Å². The fourth-order valence-corrected chi connectivity index (χ4v) is 1.73. The SMILES string of the molecule is CCN(C)CCNC(=O)c1ccc(C)c(C#CCCO)c1. The summed E-state index contributed by atoms with van der Waals surface area (Å²) in [5.74, 6) is 5.80. The fourth-order valence-electron chi connectivity index (χ4n) is 1.73. The van der Waals surface area contributed by atoms with Crippen LogP contribution in [0.4, 0.5) is 0 Å². The second-order valence-corrected chi connectivity index (χ2v) is 4.96. The molecular formula is C17H24N2O2. The molecule has 0 saturated heterocycles. The number of aliphatic hydroxyl groups excluding tert-OH is 1. The third-order valence-corrected chi connectivity index (χ3v) is 3.28. The van der Waals surface area contributed by atoms with E-state index >= 15 is 0 Å². The molecule has 1 aromatic rings. The molecule has 0 aliphatic heterocycles. The number of aryl methyl sites for hydroxylation is 1. The zero-order valence-electron chi connectivity index (χ0n) is 13.1. The van der Waals surface area contributed by atoms with Gasteiger partial charge in [-0.3, -0.25) is 4.79 Å². The number of rotatable bonds is 6. The molecule has 4 heteroatoms. The predicted octanol–water partition coefficient (Wildman–Crippen LogP) is 1.41. The van der Waals surface area contributed by atoms with Crippen molar-refractivity contribution in [1.82, 2.24) is 10.2 Å². The molecule has 21 heavy (non-hydrogen) atoms. The average molecular weight is 288 g/mol. The van der Waals surface area contributed by atoms with Crippen molar-refractivity contribution < 1.29 is 9.90 Å². The minimum atomic E-state index is -0.0790. The summed E-state index contributed by atoms with van der Waals surface area (Å²) in [5.41, 5.74) is 2.48. The number of nitrogens with zero attached hydrogens (tertiary/aromatic N) is 1. The van der Waals surface area contributed by atoms with Crippen LogP contribution in [0.25, 0.3) is 0 Å². The number of hydrogen-bond acceptors (Lipinski definition) is 3. The van der Waals surface area contributed by atoms with Gasteiger partial charge in [-0.15, -0.1) is 0 Å². The van der Waals surface area contributed by atoms with Gasteiger partial charge in [0.25, 0.3) is 5.91 Å². The van der Waals surface area contributed by atoms with E-state index in [-0.39, 0.29) is 12.5 Å². The summed E-state index contributed by atoms with van der Waals surface area (Å²) in [6.07, 6.45) is 0.444. The molecule has 1 amide bonds. The van der Waals surface area contributed by atoms with Gasteiger partial charge in [-0.25, -0.2) is 0 Å². The van der Waals surface area contributed by atoms with Crippen LogP contribution in [0.3, 0.4) is 0 Å². The van der Waals surface area contributed by atoms with Crippen LogP contribution >= 0.6 is 0 Å². The van der Waals surface area contributed by atoms with Crippen molar-refractivity contribution in [2.45, 2.75) is 20.3 Å². The molecule has 0 spiro atoms. The van der Waals surface area contributed by atoms with Crippen LogP contribution in [-0.2, 0) is 0 Å². The highest BCUT2D eigenvalue weighted by atomic mass is 16.2. The number of likely N-dealkylation sites (N-methyl/N-ethyl adjacent to an activating group) is 1. The number of aliphatic hydroxyl groups is 1. The average Bonchev–Trinajstić information content (AvgIpc) is 2.49. The molecule has 1 aromatic carbocycles. The van der Waals surface area contributed by atoms with Crippen LogP contribution in [0.2, 0.25) is 0 Å². The van der Waals surface area contributed by atoms with Crippen LogP contribution in [0.15, 0.2) is 18.2 Å². The first-order chi connectivity index (χ1) is 10.1. The Balaban J connectivity index is 2.68. The quantitative estimate of drug-likeness (QED) is 0.778. The largest absolute Gasteiger partial charge is 0.395 e. The maximum atomic E-state index is 12.1. The van der Waals surface area contributed by atoms with Gasteiger partial charge in [0.15, 0.2) is 0 Å². The summed E-state index contributed by atoms with van der Waals surface area (Å²) < 4.78 is 0. The molecule has 0 heterocycles. The fraction of sp³-hybridized carbons (Fsp3) is 0.471. The number of hydrogen-bond donors (Lipinski definition) is 2. The zero-order chi connectivity index (χ0) is 15.7. The van der Waals surface area contributed by atoms with Crippen molar-refractivity contribution in [2.24, 2.45) is 0 Å². The first kappa shape index (κ1) is 17.2. The van der Waals surface area contributed by atoms with Crippen molar-refractivity contribution >= 4 is 5.91 Å². The third kappa shape index (κ3) is 5.99. The summed E-state index contributed by atoms with van der Waals surface area (Å²) in [5, 5.41) is 11.7. The van der Waals surface area contributed by atoms with Gasteiger partial charge in [0.2, 0.25) is 0 Å². The molecule has 1 rings (SSSR count). The highest BCUT2D eigenvalue weighted by molar-refractivity contribution is 5.94. The van der Waals surface area contributed by atoms with E-state index in [9.17, 15) is 4.79 Å². The van der Waals surface area contributed by atoms with E-state index in [1.54, 1.807) is 6.07 Å². The molecule has 0 bridgehead atoms. The zero-order valence-corrected chi connectivity index (χ0v) is 13.1. The normalized spacial score (nSPS) is 10.1. The summed E-state index contributed by atoms with van der Waals surface area (Å²) in [7, 11) is 2.02. The van der Waals surface area contributed by atoms with Crippen molar-refractivity contribution in [3.63, 3.8) is 0 Å². The maximum Gasteiger partial charge on any atom is 0.251 e. The van der Waals surface area contributed by atoms with Crippen molar-refractivity contribution in [2.75, 3.05) is 33.3 Å². The van der Waals surface area contributed by atoms with Crippen LogP contribution in [-0.4, -0.2) is 49.2 Å². The molecule has 0 aromatic heterocycles. The first-order valence-corrected chi connectivity index (χ1v) is 7.25. The van der Waals surface area contributed by atoms with Crippen molar-refractivity contribution in [3.8, 4) is 11.8 Å². The monoisotopic (exact) mass is 288 g/mol. The molecule has 0 aliphatic carbocycles. The summed E-state index contributed by atoms with van der Waals surface area (Å²) in [6, 6.07) is 5.51. The Labute approximate surface area is 127 Å². The minimum Gasteiger partial charge on any atom is -0.395 e. The van der Waals surface area contributed by atoms with E-state index < -0.39 is 0 Å². The maximum absolute atomic E-state index is 12.1. The van der Waals surface area contributed by atoms with Gasteiger partial charge in [-0.1, -0.05) is 24.8 Å². The standard InChI is InChI=1S/C17H24N2O2/c1-4-19(3)11-10-18-17(21)16-9-8-14(2)15(13-16)7-5-6-12-20/h8-9,13,20H,4,6,10-12H2,1-3H3,(H,18,21). The van der Waals surface area contributed by atoms with E-state index in [1.165, 1.54) is 0 Å². The Morgan fingerprint density at radius 3 is 2.86 bits per heavy atom. The number of carbonyl (C=O) groups is 1. The Morgan fingerprint density at radius 1 is 1.43 bits per heavy atom. The molecule has 0 unspecified atom stereocenters. The molecule has 2 N–H and O–H groups in total. The van der Waals surface area contributed by atoms with Crippen LogP contribution in [0.5, 0.6) is 0 Å². The third-order valence-electron chi connectivity index (χ3n) is 3.28. The van der Waals surface area contributed by atoms with E-state index in [0.29, 0.717) is 18.5 Å². The molecule has 4 nitrogen and oxygen atoms in total. The molecular weight excluding hydrogens is 264 g/mol. The second-order valence-electron chi connectivity index (χ2n) is 4.96. The van der Waals surface area contributed by atoms with E-state index in [4.69, 9.17) is 5.11 Å². The molecule has 0 saturated carbocycles. The molecule has 0 fully saturated rings. The molecule has 0 aliphatic rings. The van der Waals surface area contributed by atoms with Crippen LogP contribution in [0, 0.1) is 18.8 Å². The molecule has 114 valence electrons. The smallest absolute Gasteiger partial charge is 0.251 e. The molecule has 0 atom stereocenters. The number of carbonyl (C=O) groups excluding carboxylic acids is 1. The summed E-state index contributed by atoms with van der Waals surface area (Å²) in [6.45, 7) is 6.52. The van der Waals surface area contributed by atoms with Crippen molar-refractivity contribution in [3.05, 3.63) is 34.9 Å². The lowest BCUT2D eigenvalue weighted by molar-refractivity contribution is 0.0950. The lowest BCUT2D eigenvalue weighted by Gasteiger charge is -2.14. The lowest BCUT2D eigenvalue weighted by Crippen LogP contribution is -2.32. The number of amides is 1. The second kappa shape index (κ2) is 9.17. The Hall–Kier alpha value is -1.83. The van der Waals surface area contributed by atoms with Gasteiger partial charge < -0.3 is 15.3 Å². The van der Waals surface area contributed by atoms with Crippen molar-refractivity contribution in [1.29, 1.82) is 0 Å². The topological polar surface area (TPSA) is 52.6 Å². The van der Waals surface area contributed by atoms with Crippen LogP contribution in [0.1, 0.15) is 34.8 Å². The van der Waals surface area contributed by atoms with Gasteiger partial charge in [0.1, 0.15) is 0 Å². The molecule has 0 radical (unpaired) electrons. The lowest BCUT2D eigenvalue weighted by atomic mass is 10.0.